The van der Waals surface area contributed by atoms with Crippen molar-refractivity contribution < 1.29 is 0 Å². The van der Waals surface area contributed by atoms with Crippen molar-refractivity contribution in [1.82, 2.24) is 4.90 Å². The van der Waals surface area contributed by atoms with Crippen LogP contribution in [0.3, 0.4) is 0 Å². The summed E-state index contributed by atoms with van der Waals surface area (Å²) in [5, 5.41) is 0. The normalized spacial score (nSPS) is 13.8. The molecule has 0 unspecified atom stereocenters. The quantitative estimate of drug-likeness (QED) is 0.476. The lowest BCUT2D eigenvalue weighted by atomic mass is 10.1. The number of hydrogen-bond acceptors (Lipinski definition) is 1. The predicted molar refractivity (Wildman–Crippen MR) is 60.4 cm³/mol. The lowest BCUT2D eigenvalue weighted by Gasteiger charge is -2.33. The van der Waals surface area contributed by atoms with Gasteiger partial charge in [0.05, 0.1) is 11.9 Å². The zero-order valence-corrected chi connectivity index (χ0v) is 10.2. The molecule has 0 aromatic heterocycles. The summed E-state index contributed by atoms with van der Waals surface area (Å²) in [5.74, 6) is 0. The van der Waals surface area contributed by atoms with E-state index in [0.29, 0.717) is 0 Å². The van der Waals surface area contributed by atoms with Gasteiger partial charge in [-0.2, -0.15) is 0 Å². The first-order valence-electron chi connectivity index (χ1n) is 4.99. The van der Waals surface area contributed by atoms with E-state index in [9.17, 15) is 0 Å². The van der Waals surface area contributed by atoms with Gasteiger partial charge in [0.15, 0.2) is 0 Å². The van der Waals surface area contributed by atoms with E-state index < -0.39 is 0 Å². The molecule has 0 aliphatic heterocycles. The van der Waals surface area contributed by atoms with E-state index in [4.69, 9.17) is 0 Å². The summed E-state index contributed by atoms with van der Waals surface area (Å²) in [6.45, 7) is 16.1. The average Bonchev–Trinajstić information content (AvgIpc) is 1.82. The van der Waals surface area contributed by atoms with Crippen molar-refractivity contribution >= 4 is 6.34 Å². The van der Waals surface area contributed by atoms with Crippen LogP contribution in [0.25, 0.3) is 0 Å². The molecular weight excluding hydrogens is 160 g/mol. The Bertz CT molecular complexity index is 170. The molecule has 2 heteroatoms. The molecule has 0 aromatic carbocycles. The van der Waals surface area contributed by atoms with Crippen molar-refractivity contribution in [3.63, 3.8) is 0 Å². The van der Waals surface area contributed by atoms with E-state index in [2.05, 4.69) is 58.4 Å². The Morgan fingerprint density at radius 2 is 1.54 bits per heavy atom. The Morgan fingerprint density at radius 3 is 1.77 bits per heavy atom. The summed E-state index contributed by atoms with van der Waals surface area (Å²) in [6, 6.07) is 0. The zero-order valence-electron chi connectivity index (χ0n) is 10.2. The molecule has 2 nitrogen and oxygen atoms in total. The van der Waals surface area contributed by atoms with E-state index in [0.717, 1.165) is 6.54 Å². The number of nitrogens with zero attached hydrogens (tertiary/aromatic N) is 2. The van der Waals surface area contributed by atoms with E-state index in [1.165, 1.54) is 0 Å². The van der Waals surface area contributed by atoms with Gasteiger partial charge in [0.25, 0.3) is 0 Å². The molecule has 0 amide bonds. The Labute approximate surface area is 83.0 Å². The molecule has 0 aliphatic carbocycles. The second kappa shape index (κ2) is 4.12. The molecule has 0 aromatic rings. The first-order valence-corrected chi connectivity index (χ1v) is 4.99. The summed E-state index contributed by atoms with van der Waals surface area (Å²) < 4.78 is 0. The third-order valence-corrected chi connectivity index (χ3v) is 1.79. The molecule has 0 N–H and O–H groups in total. The first kappa shape index (κ1) is 12.5. The Morgan fingerprint density at radius 1 is 1.08 bits per heavy atom. The van der Waals surface area contributed by atoms with Crippen LogP contribution in [0, 0.1) is 0 Å². The number of aliphatic imine (C=N–C) groups is 1. The van der Waals surface area contributed by atoms with Gasteiger partial charge < -0.3 is 4.90 Å². The van der Waals surface area contributed by atoms with Crippen LogP contribution in [-0.2, 0) is 0 Å². The second-order valence-electron chi connectivity index (χ2n) is 5.37. The van der Waals surface area contributed by atoms with Crippen LogP contribution in [0.1, 0.15) is 48.5 Å². The summed E-state index contributed by atoms with van der Waals surface area (Å²) in [5.41, 5.74) is 0.197. The van der Waals surface area contributed by atoms with Gasteiger partial charge in [-0.25, -0.2) is 0 Å². The standard InChI is InChI=1S/C11H24N2/c1-8-13(11(5,6)7)9-12-10(2,3)4/h9H,8H2,1-7H3. The average molecular weight is 184 g/mol. The summed E-state index contributed by atoms with van der Waals surface area (Å²) in [4.78, 5) is 6.74. The number of hydrogen-bond donors (Lipinski definition) is 0. The van der Waals surface area contributed by atoms with Gasteiger partial charge >= 0.3 is 0 Å². The summed E-state index contributed by atoms with van der Waals surface area (Å²) in [7, 11) is 0. The molecule has 13 heavy (non-hydrogen) atoms. The van der Waals surface area contributed by atoms with Gasteiger partial charge in [-0.3, -0.25) is 4.99 Å². The molecule has 0 bridgehead atoms. The van der Waals surface area contributed by atoms with Gasteiger partial charge in [0.2, 0.25) is 0 Å². The third-order valence-electron chi connectivity index (χ3n) is 1.79. The molecule has 0 atom stereocenters. The van der Waals surface area contributed by atoms with Gasteiger partial charge in [-0.15, -0.1) is 0 Å². The van der Waals surface area contributed by atoms with Crippen LogP contribution in [0.4, 0.5) is 0 Å². The number of rotatable bonds is 2. The topological polar surface area (TPSA) is 15.6 Å². The molecule has 0 aliphatic rings. The molecule has 0 rings (SSSR count). The molecule has 0 saturated heterocycles. The second-order valence-corrected chi connectivity index (χ2v) is 5.37. The van der Waals surface area contributed by atoms with Gasteiger partial charge in [-0.1, -0.05) is 0 Å². The predicted octanol–water partition coefficient (Wildman–Crippen LogP) is 2.93. The maximum atomic E-state index is 4.50. The van der Waals surface area contributed by atoms with E-state index >= 15 is 0 Å². The van der Waals surface area contributed by atoms with Crippen LogP contribution in [0.5, 0.6) is 0 Å². The van der Waals surface area contributed by atoms with E-state index in [-0.39, 0.29) is 11.1 Å². The largest absolute Gasteiger partial charge is 0.358 e. The molecule has 0 spiro atoms. The fourth-order valence-corrected chi connectivity index (χ4v) is 0.972. The van der Waals surface area contributed by atoms with Crippen molar-refractivity contribution in [3.05, 3.63) is 0 Å². The van der Waals surface area contributed by atoms with Gasteiger partial charge in [0.1, 0.15) is 0 Å². The molecule has 0 fully saturated rings. The van der Waals surface area contributed by atoms with Crippen molar-refractivity contribution in [2.75, 3.05) is 6.54 Å². The highest BCUT2D eigenvalue weighted by atomic mass is 15.2. The van der Waals surface area contributed by atoms with Crippen LogP contribution in [0.15, 0.2) is 4.99 Å². The Kier molecular flexibility index (Phi) is 3.95. The molecule has 0 heterocycles. The minimum absolute atomic E-state index is 0.0265. The Balaban J connectivity index is 4.39. The zero-order chi connectivity index (χ0) is 10.7. The maximum Gasteiger partial charge on any atom is 0.0860 e. The van der Waals surface area contributed by atoms with Crippen molar-refractivity contribution in [2.24, 2.45) is 4.99 Å². The minimum Gasteiger partial charge on any atom is -0.358 e. The monoisotopic (exact) mass is 184 g/mol. The molecule has 0 saturated carbocycles. The third kappa shape index (κ3) is 5.67. The molecule has 78 valence electrons. The summed E-state index contributed by atoms with van der Waals surface area (Å²) in [6.07, 6.45) is 1.97. The summed E-state index contributed by atoms with van der Waals surface area (Å²) >= 11 is 0. The van der Waals surface area contributed by atoms with E-state index in [1.807, 2.05) is 6.34 Å². The minimum atomic E-state index is 0.0265. The lowest BCUT2D eigenvalue weighted by molar-refractivity contribution is 0.253. The molecular formula is C11H24N2. The smallest absolute Gasteiger partial charge is 0.0860 e. The fourth-order valence-electron chi connectivity index (χ4n) is 0.972. The van der Waals surface area contributed by atoms with Crippen LogP contribution >= 0.6 is 0 Å². The van der Waals surface area contributed by atoms with Crippen molar-refractivity contribution in [2.45, 2.75) is 59.5 Å². The lowest BCUT2D eigenvalue weighted by Crippen LogP contribution is -2.40. The Hall–Kier alpha value is -0.530. The highest BCUT2D eigenvalue weighted by Crippen LogP contribution is 2.12. The van der Waals surface area contributed by atoms with Crippen LogP contribution in [0.2, 0.25) is 0 Å². The van der Waals surface area contributed by atoms with Crippen molar-refractivity contribution in [1.29, 1.82) is 0 Å². The van der Waals surface area contributed by atoms with Gasteiger partial charge in [0, 0.05) is 12.1 Å². The maximum absolute atomic E-state index is 4.50. The van der Waals surface area contributed by atoms with E-state index in [1.54, 1.807) is 0 Å². The SMILES string of the molecule is CCN(C=NC(C)(C)C)C(C)(C)C. The highest BCUT2D eigenvalue weighted by Gasteiger charge is 2.17. The first-order chi connectivity index (χ1) is 5.67. The van der Waals surface area contributed by atoms with Crippen molar-refractivity contribution in [3.8, 4) is 0 Å². The van der Waals surface area contributed by atoms with Crippen LogP contribution in [-0.4, -0.2) is 28.9 Å². The highest BCUT2D eigenvalue weighted by molar-refractivity contribution is 5.56. The van der Waals surface area contributed by atoms with Crippen LogP contribution < -0.4 is 0 Å². The van der Waals surface area contributed by atoms with Gasteiger partial charge in [-0.05, 0) is 48.5 Å². The fraction of sp³-hybridized carbons (Fsp3) is 0.909. The molecule has 0 radical (unpaired) electrons.